The van der Waals surface area contributed by atoms with Crippen LogP contribution in [0.3, 0.4) is 0 Å². The number of hydrogen-bond acceptors (Lipinski definition) is 4. The van der Waals surface area contributed by atoms with E-state index in [0.29, 0.717) is 12.4 Å². The molecule has 0 aromatic heterocycles. The molecular formula is C15H20O4. The second-order valence-corrected chi connectivity index (χ2v) is 5.90. The molecule has 4 nitrogen and oxygen atoms in total. The van der Waals surface area contributed by atoms with E-state index in [1.807, 2.05) is 20.8 Å². The summed E-state index contributed by atoms with van der Waals surface area (Å²) in [5, 5.41) is 20.1. The smallest absolute Gasteiger partial charge is 0.239 e. The highest BCUT2D eigenvalue weighted by Crippen LogP contribution is 2.46. The molecule has 1 aromatic rings. The van der Waals surface area contributed by atoms with Gasteiger partial charge in [0, 0.05) is 17.9 Å². The quantitative estimate of drug-likeness (QED) is 0.752. The number of aliphatic hydroxyl groups is 1. The largest absolute Gasteiger partial charge is 0.508 e. The Hall–Kier alpha value is -1.26. The van der Waals surface area contributed by atoms with Gasteiger partial charge in [0.2, 0.25) is 5.79 Å². The molecule has 4 atom stereocenters. The van der Waals surface area contributed by atoms with Crippen LogP contribution in [0.15, 0.2) is 12.1 Å². The van der Waals surface area contributed by atoms with Crippen LogP contribution in [-0.2, 0) is 11.2 Å². The molecule has 0 radical (unpaired) electrons. The third-order valence-corrected chi connectivity index (χ3v) is 4.41. The Morgan fingerprint density at radius 3 is 2.68 bits per heavy atom. The number of hydrogen-bond donors (Lipinski definition) is 2. The lowest BCUT2D eigenvalue weighted by atomic mass is 9.83. The fourth-order valence-corrected chi connectivity index (χ4v) is 3.20. The van der Waals surface area contributed by atoms with Crippen molar-refractivity contribution in [3.8, 4) is 11.5 Å². The van der Waals surface area contributed by atoms with Gasteiger partial charge in [0.15, 0.2) is 0 Å². The summed E-state index contributed by atoms with van der Waals surface area (Å²) in [7, 11) is 0. The Bertz CT molecular complexity index is 513. The minimum absolute atomic E-state index is 0.0578. The van der Waals surface area contributed by atoms with Crippen molar-refractivity contribution >= 4 is 0 Å². The van der Waals surface area contributed by atoms with Gasteiger partial charge < -0.3 is 19.7 Å². The van der Waals surface area contributed by atoms with Gasteiger partial charge in [0.1, 0.15) is 17.6 Å². The summed E-state index contributed by atoms with van der Waals surface area (Å²) in [6.07, 6.45) is 0.143. The van der Waals surface area contributed by atoms with E-state index in [-0.39, 0.29) is 17.6 Å². The zero-order chi connectivity index (χ0) is 13.8. The first kappa shape index (κ1) is 12.8. The number of benzene rings is 1. The molecule has 104 valence electrons. The number of aromatic hydroxyl groups is 1. The van der Waals surface area contributed by atoms with Crippen LogP contribution in [0, 0.1) is 18.8 Å². The normalized spacial score (nSPS) is 37.2. The van der Waals surface area contributed by atoms with E-state index in [4.69, 9.17) is 9.47 Å². The lowest BCUT2D eigenvalue weighted by molar-refractivity contribution is -0.231. The summed E-state index contributed by atoms with van der Waals surface area (Å²) in [5.41, 5.74) is 2.10. The topological polar surface area (TPSA) is 58.9 Å². The van der Waals surface area contributed by atoms with E-state index in [0.717, 1.165) is 17.5 Å². The van der Waals surface area contributed by atoms with Gasteiger partial charge in [-0.3, -0.25) is 0 Å². The molecule has 1 aromatic carbocycles. The van der Waals surface area contributed by atoms with Crippen molar-refractivity contribution in [2.75, 3.05) is 6.61 Å². The average Bonchev–Trinajstić information content (AvgIpc) is 2.62. The number of aliphatic hydroxyl groups excluding tert-OH is 1. The Kier molecular flexibility index (Phi) is 2.76. The summed E-state index contributed by atoms with van der Waals surface area (Å²) in [6, 6.07) is 3.34. The maximum atomic E-state index is 10.4. The van der Waals surface area contributed by atoms with Crippen molar-refractivity contribution in [2.24, 2.45) is 11.8 Å². The van der Waals surface area contributed by atoms with Crippen molar-refractivity contribution in [1.82, 2.24) is 0 Å². The minimum atomic E-state index is -0.966. The first-order valence-corrected chi connectivity index (χ1v) is 6.77. The molecule has 2 heterocycles. The molecule has 0 amide bonds. The summed E-state index contributed by atoms with van der Waals surface area (Å²) >= 11 is 0. The van der Waals surface area contributed by atoms with Gasteiger partial charge in [0.25, 0.3) is 0 Å². The number of fused-ring (bicyclic) bond motifs is 1. The van der Waals surface area contributed by atoms with E-state index < -0.39 is 11.9 Å². The summed E-state index contributed by atoms with van der Waals surface area (Å²) in [5.74, 6) is -0.0250. The second kappa shape index (κ2) is 4.12. The predicted molar refractivity (Wildman–Crippen MR) is 70.2 cm³/mol. The first-order valence-electron chi connectivity index (χ1n) is 6.77. The maximum Gasteiger partial charge on any atom is 0.239 e. The maximum absolute atomic E-state index is 10.4. The predicted octanol–water partition coefficient (Wildman–Crippen LogP) is 2.00. The molecule has 0 bridgehead atoms. The highest BCUT2D eigenvalue weighted by molar-refractivity contribution is 5.47. The molecule has 3 rings (SSSR count). The minimum Gasteiger partial charge on any atom is -0.508 e. The van der Waals surface area contributed by atoms with Gasteiger partial charge in [-0.15, -0.1) is 0 Å². The molecule has 4 heteroatoms. The van der Waals surface area contributed by atoms with E-state index in [9.17, 15) is 10.2 Å². The number of aryl methyl sites for hydroxylation is 1. The Morgan fingerprint density at radius 1 is 1.32 bits per heavy atom. The Labute approximate surface area is 113 Å². The molecule has 0 unspecified atom stereocenters. The van der Waals surface area contributed by atoms with Crippen molar-refractivity contribution in [1.29, 1.82) is 0 Å². The summed E-state index contributed by atoms with van der Waals surface area (Å²) < 4.78 is 11.8. The van der Waals surface area contributed by atoms with Crippen molar-refractivity contribution in [2.45, 2.75) is 39.1 Å². The number of ether oxygens (including phenoxy) is 2. The molecular weight excluding hydrogens is 244 g/mol. The van der Waals surface area contributed by atoms with Gasteiger partial charge in [-0.1, -0.05) is 13.8 Å². The van der Waals surface area contributed by atoms with Crippen molar-refractivity contribution in [3.05, 3.63) is 23.3 Å². The number of rotatable bonds is 0. The average molecular weight is 264 g/mol. The molecule has 2 N–H and O–H groups in total. The van der Waals surface area contributed by atoms with Crippen molar-refractivity contribution < 1.29 is 19.7 Å². The van der Waals surface area contributed by atoms with Crippen LogP contribution in [0.5, 0.6) is 11.5 Å². The van der Waals surface area contributed by atoms with Crippen LogP contribution in [0.2, 0.25) is 0 Å². The molecule has 2 aliphatic heterocycles. The van der Waals surface area contributed by atoms with E-state index in [2.05, 4.69) is 0 Å². The summed E-state index contributed by atoms with van der Waals surface area (Å²) in [6.45, 7) is 6.45. The molecule has 0 aliphatic carbocycles. The Balaban J connectivity index is 2.05. The number of phenolic OH excluding ortho intramolecular Hbond substituents is 1. The molecule has 1 saturated heterocycles. The van der Waals surface area contributed by atoms with Crippen LogP contribution in [0.1, 0.15) is 25.0 Å². The van der Waals surface area contributed by atoms with E-state index in [1.54, 1.807) is 12.1 Å². The van der Waals surface area contributed by atoms with Crippen LogP contribution < -0.4 is 4.74 Å². The van der Waals surface area contributed by atoms with Gasteiger partial charge in [-0.2, -0.15) is 0 Å². The fraction of sp³-hybridized carbons (Fsp3) is 0.600. The first-order chi connectivity index (χ1) is 8.94. The third kappa shape index (κ3) is 1.74. The van der Waals surface area contributed by atoms with Gasteiger partial charge >= 0.3 is 0 Å². The lowest BCUT2D eigenvalue weighted by Crippen LogP contribution is -2.54. The monoisotopic (exact) mass is 264 g/mol. The molecule has 0 saturated carbocycles. The SMILES string of the molecule is Cc1cc(O)cc2c1C[C@H](C)[C@]1(OC[C@H](C)[C@@H]1O)O2. The number of phenols is 1. The molecule has 19 heavy (non-hydrogen) atoms. The second-order valence-electron chi connectivity index (χ2n) is 5.90. The van der Waals surface area contributed by atoms with E-state index in [1.165, 1.54) is 0 Å². The van der Waals surface area contributed by atoms with Crippen LogP contribution in [-0.4, -0.2) is 28.7 Å². The highest BCUT2D eigenvalue weighted by Gasteiger charge is 2.55. The van der Waals surface area contributed by atoms with E-state index >= 15 is 0 Å². The zero-order valence-corrected chi connectivity index (χ0v) is 11.5. The van der Waals surface area contributed by atoms with Gasteiger partial charge in [-0.05, 0) is 30.5 Å². The lowest BCUT2D eigenvalue weighted by Gasteiger charge is -2.42. The van der Waals surface area contributed by atoms with Crippen LogP contribution >= 0.6 is 0 Å². The van der Waals surface area contributed by atoms with Crippen LogP contribution in [0.25, 0.3) is 0 Å². The fourth-order valence-electron chi connectivity index (χ4n) is 3.20. The molecule has 2 aliphatic rings. The summed E-state index contributed by atoms with van der Waals surface area (Å²) in [4.78, 5) is 0. The van der Waals surface area contributed by atoms with Crippen molar-refractivity contribution in [3.63, 3.8) is 0 Å². The zero-order valence-electron chi connectivity index (χ0n) is 11.5. The third-order valence-electron chi connectivity index (χ3n) is 4.41. The highest BCUT2D eigenvalue weighted by atomic mass is 16.7. The molecule has 1 spiro atoms. The van der Waals surface area contributed by atoms with Gasteiger partial charge in [0.05, 0.1) is 6.61 Å². The standard InChI is InChI=1S/C15H20O4/c1-8-4-11(16)6-13-12(8)5-10(3)15(19-13)14(17)9(2)7-18-15/h4,6,9-10,14,16-17H,5,7H2,1-3H3/t9-,10-,14-,15-/m0/s1. The molecule has 1 fully saturated rings. The Morgan fingerprint density at radius 2 is 2.05 bits per heavy atom. The van der Waals surface area contributed by atoms with Crippen LogP contribution in [0.4, 0.5) is 0 Å². The van der Waals surface area contributed by atoms with Gasteiger partial charge in [-0.25, -0.2) is 0 Å².